The number of rotatable bonds is 8. The number of halogens is 3. The summed E-state index contributed by atoms with van der Waals surface area (Å²) in [5.41, 5.74) is 0.391. The van der Waals surface area contributed by atoms with E-state index < -0.39 is 22.6 Å². The predicted molar refractivity (Wildman–Crippen MR) is 131 cm³/mol. The van der Waals surface area contributed by atoms with Crippen molar-refractivity contribution in [1.29, 1.82) is 0 Å². The van der Waals surface area contributed by atoms with Gasteiger partial charge in [-0.3, -0.25) is 14.4 Å². The molecule has 194 valence electrons. The van der Waals surface area contributed by atoms with Gasteiger partial charge in [-0.15, -0.1) is 16.4 Å². The summed E-state index contributed by atoms with van der Waals surface area (Å²) in [5.74, 6) is 0.327. The number of fused-ring (bicyclic) bond motifs is 2. The van der Waals surface area contributed by atoms with E-state index >= 15 is 0 Å². The molecule has 4 rings (SSSR count). The van der Waals surface area contributed by atoms with Crippen molar-refractivity contribution in [2.75, 3.05) is 31.7 Å². The number of thioether (sulfide) groups is 1. The highest BCUT2D eigenvalue weighted by Gasteiger charge is 2.49. The smallest absolute Gasteiger partial charge is 0.369 e. The van der Waals surface area contributed by atoms with Gasteiger partial charge in [-0.05, 0) is 44.4 Å². The second kappa shape index (κ2) is 10.8. The fourth-order valence-electron chi connectivity index (χ4n) is 4.99. The second-order valence-corrected chi connectivity index (χ2v) is 11.2. The molecule has 0 bridgehead atoms. The molecule has 1 fully saturated rings. The van der Waals surface area contributed by atoms with Gasteiger partial charge < -0.3 is 10.1 Å². The highest BCUT2D eigenvalue weighted by Crippen LogP contribution is 2.51. The number of piperidine rings is 1. The van der Waals surface area contributed by atoms with Crippen molar-refractivity contribution in [1.82, 2.24) is 25.2 Å². The van der Waals surface area contributed by atoms with E-state index in [1.54, 1.807) is 11.8 Å². The van der Waals surface area contributed by atoms with Crippen molar-refractivity contribution < 1.29 is 22.7 Å². The lowest BCUT2D eigenvalue weighted by atomic mass is 9.81. The third-order valence-corrected chi connectivity index (χ3v) is 8.75. The van der Waals surface area contributed by atoms with Crippen LogP contribution < -0.4 is 5.32 Å². The van der Waals surface area contributed by atoms with Gasteiger partial charge in [0.05, 0.1) is 24.4 Å². The molecule has 1 spiro atoms. The molecule has 0 radical (unpaired) electrons. The molecule has 2 aliphatic rings. The molecule has 0 saturated carbocycles. The molecule has 35 heavy (non-hydrogen) atoms. The van der Waals surface area contributed by atoms with E-state index in [1.165, 1.54) is 0 Å². The molecule has 0 aliphatic carbocycles. The summed E-state index contributed by atoms with van der Waals surface area (Å²) in [6.07, 6.45) is 1.52. The molecule has 2 aromatic rings. The summed E-state index contributed by atoms with van der Waals surface area (Å²) < 4.78 is 50.1. The molecule has 2 aromatic heterocycles. The van der Waals surface area contributed by atoms with Gasteiger partial charge in [0.15, 0.2) is 0 Å². The number of alkyl halides is 3. The number of nitrogens with zero attached hydrogens (tertiary/aromatic N) is 4. The van der Waals surface area contributed by atoms with E-state index in [-0.39, 0.29) is 11.6 Å². The maximum atomic E-state index is 14.0. The van der Waals surface area contributed by atoms with E-state index in [1.807, 2.05) is 24.1 Å². The molecular weight excluding hydrogens is 499 g/mol. The highest BCUT2D eigenvalue weighted by molar-refractivity contribution is 7.98. The fourth-order valence-corrected chi connectivity index (χ4v) is 6.76. The zero-order valence-electron chi connectivity index (χ0n) is 20.3. The Labute approximate surface area is 211 Å². The van der Waals surface area contributed by atoms with Crippen LogP contribution in [-0.4, -0.2) is 63.5 Å². The van der Waals surface area contributed by atoms with E-state index in [2.05, 4.69) is 27.5 Å². The first-order chi connectivity index (χ1) is 16.7. The molecule has 2 aliphatic heterocycles. The van der Waals surface area contributed by atoms with Crippen LogP contribution in [0, 0.1) is 0 Å². The zero-order valence-corrected chi connectivity index (χ0v) is 21.9. The summed E-state index contributed by atoms with van der Waals surface area (Å²) in [7, 11) is 0. The third-order valence-electron chi connectivity index (χ3n) is 6.70. The molecule has 12 heteroatoms. The lowest BCUT2D eigenvalue weighted by molar-refractivity contribution is -0.134. The number of thiophene rings is 1. The number of nitrogens with one attached hydrogen (secondary N) is 1. The van der Waals surface area contributed by atoms with Crippen LogP contribution in [0.25, 0.3) is 0 Å². The second-order valence-electron chi connectivity index (χ2n) is 9.20. The molecule has 1 amide bonds. The number of amides is 1. The van der Waals surface area contributed by atoms with Crippen molar-refractivity contribution in [3.63, 3.8) is 0 Å². The molecule has 4 heterocycles. The minimum absolute atomic E-state index is 0.0693. The zero-order chi connectivity index (χ0) is 25.2. The Bertz CT molecular complexity index is 1040. The quantitative estimate of drug-likeness (QED) is 0.547. The van der Waals surface area contributed by atoms with Gasteiger partial charge >= 0.3 is 6.18 Å². The van der Waals surface area contributed by atoms with Gasteiger partial charge in [-0.25, -0.2) is 0 Å². The maximum Gasteiger partial charge on any atom is 0.426 e. The van der Waals surface area contributed by atoms with Crippen LogP contribution >= 0.6 is 23.1 Å². The molecule has 1 saturated heterocycles. The van der Waals surface area contributed by atoms with Crippen LogP contribution in [-0.2, 0) is 36.0 Å². The van der Waals surface area contributed by atoms with Gasteiger partial charge in [-0.1, -0.05) is 12.1 Å². The first-order valence-corrected chi connectivity index (χ1v) is 14.2. The van der Waals surface area contributed by atoms with E-state index in [0.29, 0.717) is 73.7 Å². The van der Waals surface area contributed by atoms with Gasteiger partial charge in [0.1, 0.15) is 10.5 Å². The number of hydrogen-bond donors (Lipinski definition) is 1. The lowest BCUT2D eigenvalue weighted by Crippen LogP contribution is -2.50. The number of carbonyl (C=O) groups excluding carboxylic acids is 1. The van der Waals surface area contributed by atoms with Crippen LogP contribution in [0.1, 0.15) is 64.5 Å². The first kappa shape index (κ1) is 26.4. The Kier molecular flexibility index (Phi) is 8.14. The van der Waals surface area contributed by atoms with Crippen molar-refractivity contribution in [3.05, 3.63) is 32.8 Å². The Morgan fingerprint density at radius 3 is 2.91 bits per heavy atom. The van der Waals surface area contributed by atoms with Crippen LogP contribution in [0.2, 0.25) is 0 Å². The molecule has 1 unspecified atom stereocenters. The Hall–Kier alpha value is -1.63. The number of aromatic nitrogens is 3. The minimum atomic E-state index is -4.59. The normalized spacial score (nSPS) is 23.0. The molecule has 0 aromatic carbocycles. The average molecular weight is 532 g/mol. The maximum absolute atomic E-state index is 14.0. The summed E-state index contributed by atoms with van der Waals surface area (Å²) in [5, 5.41) is 11.1. The first-order valence-electron chi connectivity index (χ1n) is 12.0. The Morgan fingerprint density at radius 1 is 1.43 bits per heavy atom. The fraction of sp³-hybridized carbons (Fsp3) is 0.696. The standard InChI is InChI=1S/C23H32F3N5O2S2/c1-4-7-27-21(32)18-17-5-10-33-22(19(17)35-20(18)23(24,25)26)6-8-30(15(2)12-22)13-16-14-31(29-28-16)9-11-34-3/h14-15H,4-13H2,1-3H3,(H,27,32)/t15-,22?/m0/s1. The van der Waals surface area contributed by atoms with Gasteiger partial charge in [0.25, 0.3) is 5.91 Å². The average Bonchev–Trinajstić information content (AvgIpc) is 3.43. The number of likely N-dealkylation sites (tertiary alicyclic amines) is 1. The van der Waals surface area contributed by atoms with Crippen molar-refractivity contribution in [2.24, 2.45) is 0 Å². The number of hydrogen-bond acceptors (Lipinski definition) is 7. The number of ether oxygens (including phenoxy) is 1. The largest absolute Gasteiger partial charge is 0.426 e. The molecule has 7 nitrogen and oxygen atoms in total. The summed E-state index contributed by atoms with van der Waals surface area (Å²) in [4.78, 5) is 14.8. The molecular formula is C23H32F3N5O2S2. The van der Waals surface area contributed by atoms with Crippen molar-refractivity contribution in [3.8, 4) is 0 Å². The van der Waals surface area contributed by atoms with Crippen LogP contribution in [0.15, 0.2) is 6.20 Å². The van der Waals surface area contributed by atoms with Crippen LogP contribution in [0.4, 0.5) is 13.2 Å². The third kappa shape index (κ3) is 5.55. The van der Waals surface area contributed by atoms with E-state index in [4.69, 9.17) is 4.74 Å². The monoisotopic (exact) mass is 531 g/mol. The Balaban J connectivity index is 1.56. The SMILES string of the molecule is CCCNC(=O)c1c(C(F)(F)F)sc2c1CCOC21CCN(Cc2cn(CCSC)nn2)[C@@H](C)C1. The summed E-state index contributed by atoms with van der Waals surface area (Å²) in [6.45, 7) is 6.70. The summed E-state index contributed by atoms with van der Waals surface area (Å²) >= 11 is 2.45. The van der Waals surface area contributed by atoms with E-state index in [9.17, 15) is 18.0 Å². The molecule has 1 N–H and O–H groups in total. The Morgan fingerprint density at radius 2 is 2.23 bits per heavy atom. The number of aryl methyl sites for hydroxylation is 1. The molecule has 2 atom stereocenters. The summed E-state index contributed by atoms with van der Waals surface area (Å²) in [6, 6.07) is 0.0693. The van der Waals surface area contributed by atoms with Gasteiger partial charge in [0.2, 0.25) is 0 Å². The van der Waals surface area contributed by atoms with Gasteiger partial charge in [-0.2, -0.15) is 24.9 Å². The number of carbonyl (C=O) groups is 1. The minimum Gasteiger partial charge on any atom is -0.369 e. The van der Waals surface area contributed by atoms with Crippen LogP contribution in [0.3, 0.4) is 0 Å². The highest BCUT2D eigenvalue weighted by atomic mass is 32.2. The predicted octanol–water partition coefficient (Wildman–Crippen LogP) is 4.31. The van der Waals surface area contributed by atoms with Gasteiger partial charge in [0, 0.05) is 42.5 Å². The van der Waals surface area contributed by atoms with Crippen molar-refractivity contribution in [2.45, 2.75) is 70.4 Å². The topological polar surface area (TPSA) is 72.3 Å². The van der Waals surface area contributed by atoms with Crippen molar-refractivity contribution >= 4 is 29.0 Å². The van der Waals surface area contributed by atoms with E-state index in [0.717, 1.165) is 18.0 Å². The van der Waals surface area contributed by atoms with Crippen LogP contribution in [0.5, 0.6) is 0 Å². The lowest BCUT2D eigenvalue weighted by Gasteiger charge is -2.47.